The van der Waals surface area contributed by atoms with Crippen LogP contribution in [0.25, 0.3) is 44.3 Å². The lowest BCUT2D eigenvalue weighted by Gasteiger charge is -2.37. The molecule has 0 spiro atoms. The van der Waals surface area contributed by atoms with Crippen molar-refractivity contribution in [2.45, 2.75) is 116 Å². The average molecular weight is 981 g/mol. The number of hydrogen-bond donors (Lipinski definition) is 6. The second kappa shape index (κ2) is 19.1. The van der Waals surface area contributed by atoms with Crippen LogP contribution < -0.4 is 21.7 Å². The fourth-order valence-electron chi connectivity index (χ4n) is 6.70. The smallest absolute Gasteiger partial charge is 0.407 e. The zero-order valence-corrected chi connectivity index (χ0v) is 39.5. The van der Waals surface area contributed by atoms with Crippen molar-refractivity contribution in [3.8, 4) is 22.5 Å². The highest BCUT2D eigenvalue weighted by molar-refractivity contribution is 9.10. The van der Waals surface area contributed by atoms with Gasteiger partial charge in [-0.25, -0.2) is 29.5 Å². The van der Waals surface area contributed by atoms with Crippen LogP contribution in [0.2, 0.25) is 5.28 Å². The summed E-state index contributed by atoms with van der Waals surface area (Å²) in [5.41, 5.74) is 12.7. The number of fused-ring (bicyclic) bond motifs is 2. The molecule has 0 saturated heterocycles. The Morgan fingerprint density at radius 1 is 0.721 bits per heavy atom. The SMILES string of the molecule is CC(C)(C)OC(=O)N[C@H]1CC[C@@H]1N.Cc1cnc(Cl)nc1-c1c[nH]c2cc(Br)ccc12.Cc1cnc(N[C@H]2CC[C@@H]2NC(=O)OC(C)(C)C)nc1-c1c[nH]c2cc(Br)ccc12. The predicted molar refractivity (Wildman–Crippen MR) is 249 cm³/mol. The summed E-state index contributed by atoms with van der Waals surface area (Å²) in [4.78, 5) is 47.4. The third-order valence-electron chi connectivity index (χ3n) is 10.0. The summed E-state index contributed by atoms with van der Waals surface area (Å²) >= 11 is 12.8. The normalized spacial score (nSPS) is 18.4. The molecule has 4 heterocycles. The molecule has 0 bridgehead atoms. The van der Waals surface area contributed by atoms with Crippen LogP contribution in [0.5, 0.6) is 0 Å². The molecule has 2 aliphatic rings. The monoisotopic (exact) mass is 978 g/mol. The number of H-pyrrole nitrogens is 2. The lowest BCUT2D eigenvalue weighted by Crippen LogP contribution is -2.55. The van der Waals surface area contributed by atoms with Crippen molar-refractivity contribution < 1.29 is 19.1 Å². The summed E-state index contributed by atoms with van der Waals surface area (Å²) in [6.07, 6.45) is 10.5. The van der Waals surface area contributed by atoms with Crippen LogP contribution in [0.15, 0.2) is 70.1 Å². The molecular formula is C44H53Br2ClN10O4. The number of benzene rings is 2. The van der Waals surface area contributed by atoms with Gasteiger partial charge in [0.2, 0.25) is 11.2 Å². The maximum atomic E-state index is 12.1. The van der Waals surface area contributed by atoms with Crippen LogP contribution in [0.3, 0.4) is 0 Å². The number of nitrogens with one attached hydrogen (secondary N) is 5. The Kier molecular flexibility index (Phi) is 14.3. The van der Waals surface area contributed by atoms with Crippen LogP contribution >= 0.6 is 43.5 Å². The van der Waals surface area contributed by atoms with Gasteiger partial charge in [-0.1, -0.05) is 44.0 Å². The third-order valence-corrected chi connectivity index (χ3v) is 11.2. The second-order valence-electron chi connectivity index (χ2n) is 17.3. The van der Waals surface area contributed by atoms with Gasteiger partial charge in [0.15, 0.2) is 0 Å². The van der Waals surface area contributed by atoms with Gasteiger partial charge in [0, 0.05) is 84.8 Å². The Hall–Kier alpha value is -4.77. The Balaban J connectivity index is 0.000000170. The summed E-state index contributed by atoms with van der Waals surface area (Å²) < 4.78 is 12.5. The molecule has 2 aromatic carbocycles. The number of anilines is 1. The minimum Gasteiger partial charge on any atom is -0.444 e. The van der Waals surface area contributed by atoms with Gasteiger partial charge in [-0.05, 0) is 128 Å². The Bertz CT molecular complexity index is 2510. The second-order valence-corrected chi connectivity index (χ2v) is 19.4. The molecule has 4 aromatic heterocycles. The first kappa shape index (κ1) is 45.7. The summed E-state index contributed by atoms with van der Waals surface area (Å²) in [5, 5.41) is 11.5. The molecule has 61 heavy (non-hydrogen) atoms. The Morgan fingerprint density at radius 2 is 1.20 bits per heavy atom. The first-order valence-corrected chi connectivity index (χ1v) is 22.1. The van der Waals surface area contributed by atoms with Crippen molar-refractivity contribution in [2.75, 3.05) is 5.32 Å². The molecule has 17 heteroatoms. The summed E-state index contributed by atoms with van der Waals surface area (Å²) in [6, 6.07) is 12.5. The zero-order valence-electron chi connectivity index (χ0n) is 35.5. The molecule has 324 valence electrons. The number of ether oxygens (including phenoxy) is 2. The van der Waals surface area contributed by atoms with E-state index in [0.29, 0.717) is 5.95 Å². The van der Waals surface area contributed by atoms with Gasteiger partial charge in [-0.2, -0.15) is 0 Å². The molecule has 8 rings (SSSR count). The summed E-state index contributed by atoms with van der Waals surface area (Å²) in [6.45, 7) is 15.1. The van der Waals surface area contributed by atoms with Gasteiger partial charge in [-0.15, -0.1) is 0 Å². The van der Waals surface area contributed by atoms with Gasteiger partial charge in [0.05, 0.1) is 17.4 Å². The Morgan fingerprint density at radius 3 is 1.66 bits per heavy atom. The van der Waals surface area contributed by atoms with E-state index in [4.69, 9.17) is 31.8 Å². The number of carbonyl (C=O) groups excluding carboxylic acids is 2. The highest BCUT2D eigenvalue weighted by Gasteiger charge is 2.34. The van der Waals surface area contributed by atoms with E-state index >= 15 is 0 Å². The van der Waals surface area contributed by atoms with Crippen molar-refractivity contribution >= 4 is 83.4 Å². The van der Waals surface area contributed by atoms with Crippen LogP contribution in [0, 0.1) is 13.8 Å². The molecule has 0 unspecified atom stereocenters. The quantitative estimate of drug-likeness (QED) is 0.0874. The van der Waals surface area contributed by atoms with E-state index in [0.717, 1.165) is 90.1 Å². The lowest BCUT2D eigenvalue weighted by atomic mass is 9.86. The summed E-state index contributed by atoms with van der Waals surface area (Å²) in [5.74, 6) is 0.558. The van der Waals surface area contributed by atoms with Crippen LogP contribution in [-0.2, 0) is 9.47 Å². The number of amides is 2. The van der Waals surface area contributed by atoms with Gasteiger partial charge < -0.3 is 41.1 Å². The van der Waals surface area contributed by atoms with Crippen molar-refractivity contribution in [3.05, 3.63) is 86.5 Å². The van der Waals surface area contributed by atoms with E-state index in [1.54, 1.807) is 6.20 Å². The van der Waals surface area contributed by atoms with Crippen LogP contribution in [-0.4, -0.2) is 77.5 Å². The molecule has 2 aliphatic carbocycles. The van der Waals surface area contributed by atoms with E-state index < -0.39 is 17.3 Å². The van der Waals surface area contributed by atoms with E-state index in [2.05, 4.69) is 90.9 Å². The van der Waals surface area contributed by atoms with Crippen molar-refractivity contribution in [2.24, 2.45) is 5.73 Å². The lowest BCUT2D eigenvalue weighted by molar-refractivity contribution is 0.0458. The number of aromatic amines is 2. The number of alkyl carbamates (subject to hydrolysis) is 2. The minimum absolute atomic E-state index is 0.00126. The van der Waals surface area contributed by atoms with E-state index in [-0.39, 0.29) is 35.5 Å². The topological polar surface area (TPSA) is 198 Å². The zero-order chi connectivity index (χ0) is 44.2. The maximum Gasteiger partial charge on any atom is 0.407 e. The predicted octanol–water partition coefficient (Wildman–Crippen LogP) is 10.5. The van der Waals surface area contributed by atoms with Gasteiger partial charge in [-0.3, -0.25) is 0 Å². The number of rotatable bonds is 6. The fourth-order valence-corrected chi connectivity index (χ4v) is 7.56. The standard InChI is InChI=1S/C22H26BrN5O2.C13H9BrClN3.C9H18N2O2/c1-12-10-25-20(26-16-7-8-17(16)27-21(29)30-22(2,3)4)28-19(12)15-11-24-18-9-13(23)5-6-14(15)18;1-7-5-17-13(15)18-12(7)10-6-16-11-4-8(14)2-3-9(10)11;1-9(2,3)13-8(12)11-7-5-4-6(7)10/h5-6,9-11,16-17,24H,7-8H2,1-4H3,(H,27,29)(H,25,26,28);2-6,16H,1H3;6-7H,4-5,10H2,1-3H3,(H,11,12)/t16-,17-;;6-,7-/m0.0/s1. The number of carbonyl (C=O) groups is 2. The third kappa shape index (κ3) is 12.2. The van der Waals surface area contributed by atoms with E-state index in [1.165, 1.54) is 0 Å². The van der Waals surface area contributed by atoms with Crippen molar-refractivity contribution in [1.29, 1.82) is 0 Å². The first-order valence-electron chi connectivity index (χ1n) is 20.1. The molecule has 2 amide bonds. The molecule has 14 nitrogen and oxygen atoms in total. The number of aryl methyl sites for hydroxylation is 2. The molecule has 2 saturated carbocycles. The van der Waals surface area contributed by atoms with Crippen LogP contribution in [0.4, 0.5) is 15.5 Å². The minimum atomic E-state index is -0.513. The van der Waals surface area contributed by atoms with E-state index in [1.807, 2.05) is 92.2 Å². The average Bonchev–Trinajstić information content (AvgIpc) is 3.78. The van der Waals surface area contributed by atoms with Crippen molar-refractivity contribution in [3.63, 3.8) is 0 Å². The van der Waals surface area contributed by atoms with E-state index in [9.17, 15) is 9.59 Å². The number of halogens is 3. The van der Waals surface area contributed by atoms with Gasteiger partial charge >= 0.3 is 12.2 Å². The highest BCUT2D eigenvalue weighted by atomic mass is 79.9. The fraction of sp³-hybridized carbons (Fsp3) is 0.409. The first-order chi connectivity index (χ1) is 28.7. The molecule has 6 aromatic rings. The number of aromatic nitrogens is 6. The molecule has 0 radical (unpaired) electrons. The molecule has 0 aliphatic heterocycles. The largest absolute Gasteiger partial charge is 0.444 e. The Labute approximate surface area is 377 Å². The van der Waals surface area contributed by atoms with Crippen molar-refractivity contribution in [1.82, 2.24) is 40.5 Å². The molecular weight excluding hydrogens is 928 g/mol. The van der Waals surface area contributed by atoms with Gasteiger partial charge in [0.25, 0.3) is 0 Å². The van der Waals surface area contributed by atoms with Crippen LogP contribution in [0.1, 0.15) is 78.4 Å². The summed E-state index contributed by atoms with van der Waals surface area (Å²) in [7, 11) is 0. The number of nitrogens with zero attached hydrogens (tertiary/aromatic N) is 4. The molecule has 7 N–H and O–H groups in total. The molecule has 2 fully saturated rings. The maximum absolute atomic E-state index is 12.1. The molecule has 4 atom stereocenters. The highest BCUT2D eigenvalue weighted by Crippen LogP contribution is 2.33. The van der Waals surface area contributed by atoms with Gasteiger partial charge in [0.1, 0.15) is 11.2 Å². The number of hydrogen-bond acceptors (Lipinski definition) is 10. The number of nitrogens with two attached hydrogens (primary N) is 1.